The lowest BCUT2D eigenvalue weighted by molar-refractivity contribution is -0.138. The zero-order chi connectivity index (χ0) is 31.5. The Labute approximate surface area is 243 Å². The third kappa shape index (κ3) is 8.63. The highest BCUT2D eigenvalue weighted by molar-refractivity contribution is 7.92. The Kier molecular flexibility index (Phi) is 9.47. The molecule has 0 aliphatic carbocycles. The molecule has 3 aromatic rings. The van der Waals surface area contributed by atoms with E-state index in [0.29, 0.717) is 6.07 Å². The average molecular weight is 628 g/mol. The van der Waals surface area contributed by atoms with E-state index in [9.17, 15) is 36.0 Å². The number of amides is 2. The van der Waals surface area contributed by atoms with E-state index in [1.165, 1.54) is 25.3 Å². The minimum atomic E-state index is -4.80. The van der Waals surface area contributed by atoms with Crippen LogP contribution in [-0.4, -0.2) is 48.3 Å². The van der Waals surface area contributed by atoms with Gasteiger partial charge >= 0.3 is 12.3 Å². The summed E-state index contributed by atoms with van der Waals surface area (Å²) in [6, 6.07) is 5.99. The number of sulfonamides is 1. The molecule has 0 aliphatic heterocycles. The predicted octanol–water partition coefficient (Wildman–Crippen LogP) is 4.95. The number of hydrogen-bond donors (Lipinski definition) is 3. The number of anilines is 2. The molecule has 3 N–H and O–H groups in total. The number of pyridine rings is 2. The Balaban J connectivity index is 1.83. The van der Waals surface area contributed by atoms with Crippen molar-refractivity contribution in [2.24, 2.45) is 0 Å². The molecular weight excluding hydrogens is 603 g/mol. The summed E-state index contributed by atoms with van der Waals surface area (Å²) in [6.07, 6.45) is -3.35. The number of rotatable bonds is 8. The molecular formula is C26H25ClF3N5O6S. The van der Waals surface area contributed by atoms with Crippen molar-refractivity contribution in [3.8, 4) is 0 Å². The highest BCUT2D eigenvalue weighted by Crippen LogP contribution is 2.34. The SMILES string of the molecule is Cc1ccc(S(=O)(=O)Nc2cc(Cl)cnc2C(=O)c2ccnc(NC(=O)CNC(=O)OC(C)(C)C)c2)cc1C(F)(F)F. The summed E-state index contributed by atoms with van der Waals surface area (Å²) >= 11 is 5.96. The maximum absolute atomic E-state index is 13.4. The fourth-order valence-corrected chi connectivity index (χ4v) is 4.65. The molecule has 0 radical (unpaired) electrons. The van der Waals surface area contributed by atoms with Crippen LogP contribution in [0.15, 0.2) is 53.7 Å². The van der Waals surface area contributed by atoms with Crippen LogP contribution in [0.4, 0.5) is 29.5 Å². The first-order valence-corrected chi connectivity index (χ1v) is 13.9. The van der Waals surface area contributed by atoms with Gasteiger partial charge in [0.25, 0.3) is 10.0 Å². The van der Waals surface area contributed by atoms with Crippen LogP contribution in [0.5, 0.6) is 0 Å². The highest BCUT2D eigenvalue weighted by Gasteiger charge is 2.34. The zero-order valence-corrected chi connectivity index (χ0v) is 24.2. The number of carbonyl (C=O) groups is 3. The Morgan fingerprint density at radius 3 is 2.36 bits per heavy atom. The number of benzene rings is 1. The lowest BCUT2D eigenvalue weighted by atomic mass is 10.1. The van der Waals surface area contributed by atoms with E-state index in [-0.39, 0.29) is 22.0 Å². The van der Waals surface area contributed by atoms with Crippen LogP contribution in [-0.2, 0) is 25.7 Å². The second-order valence-electron chi connectivity index (χ2n) is 9.79. The molecule has 16 heteroatoms. The van der Waals surface area contributed by atoms with E-state index >= 15 is 0 Å². The van der Waals surface area contributed by atoms with Crippen LogP contribution in [0.1, 0.15) is 48.0 Å². The predicted molar refractivity (Wildman–Crippen MR) is 147 cm³/mol. The minimum Gasteiger partial charge on any atom is -0.444 e. The molecule has 0 spiro atoms. The summed E-state index contributed by atoms with van der Waals surface area (Å²) in [7, 11) is -4.63. The molecule has 0 unspecified atom stereocenters. The molecule has 0 aliphatic rings. The van der Waals surface area contributed by atoms with E-state index in [4.69, 9.17) is 16.3 Å². The Hall–Kier alpha value is -4.24. The fraction of sp³-hybridized carbons (Fsp3) is 0.269. The zero-order valence-electron chi connectivity index (χ0n) is 22.6. The van der Waals surface area contributed by atoms with Crippen molar-refractivity contribution in [2.45, 2.75) is 44.4 Å². The molecule has 2 amide bonds. The number of hydrogen-bond acceptors (Lipinski definition) is 8. The van der Waals surface area contributed by atoms with Gasteiger partial charge in [-0.2, -0.15) is 13.2 Å². The molecule has 3 rings (SSSR count). The molecule has 2 aromatic heterocycles. The molecule has 1 aromatic carbocycles. The first kappa shape index (κ1) is 32.3. The van der Waals surface area contributed by atoms with Crippen LogP contribution in [0.2, 0.25) is 5.02 Å². The number of alkyl carbamates (subject to hydrolysis) is 1. The van der Waals surface area contributed by atoms with Gasteiger partial charge in [0.05, 0.1) is 21.2 Å². The van der Waals surface area contributed by atoms with E-state index in [2.05, 4.69) is 25.3 Å². The fourth-order valence-electron chi connectivity index (χ4n) is 3.41. The third-order valence-electron chi connectivity index (χ3n) is 5.22. The van der Waals surface area contributed by atoms with Gasteiger partial charge in [0.2, 0.25) is 11.7 Å². The van der Waals surface area contributed by atoms with Crippen molar-refractivity contribution < 1.29 is 40.7 Å². The van der Waals surface area contributed by atoms with Crippen LogP contribution < -0.4 is 15.4 Å². The Bertz CT molecular complexity index is 1640. The van der Waals surface area contributed by atoms with Crippen molar-refractivity contribution in [1.29, 1.82) is 0 Å². The van der Waals surface area contributed by atoms with Gasteiger partial charge in [0, 0.05) is 18.0 Å². The van der Waals surface area contributed by atoms with Gasteiger partial charge in [-0.3, -0.25) is 14.3 Å². The average Bonchev–Trinajstić information content (AvgIpc) is 2.85. The Morgan fingerprint density at radius 2 is 1.71 bits per heavy atom. The number of aryl methyl sites for hydroxylation is 1. The number of aromatic nitrogens is 2. The molecule has 224 valence electrons. The molecule has 11 nitrogen and oxygen atoms in total. The lowest BCUT2D eigenvalue weighted by Crippen LogP contribution is -2.37. The van der Waals surface area contributed by atoms with Gasteiger partial charge < -0.3 is 15.4 Å². The summed E-state index contributed by atoms with van der Waals surface area (Å²) < 4.78 is 73.2. The number of nitrogens with zero attached hydrogens (tertiary/aromatic N) is 2. The van der Waals surface area contributed by atoms with E-state index in [1.54, 1.807) is 20.8 Å². The van der Waals surface area contributed by atoms with Crippen LogP contribution in [0.25, 0.3) is 0 Å². The molecule has 0 saturated carbocycles. The van der Waals surface area contributed by atoms with Gasteiger partial charge in [-0.1, -0.05) is 17.7 Å². The highest BCUT2D eigenvalue weighted by atomic mass is 35.5. The standard InChI is InChI=1S/C26H25ClF3N5O6S/c1-14-5-6-17(11-18(14)26(28,29)30)42(39,40)35-19-10-16(27)12-32-22(19)23(37)15-7-8-31-20(9-15)34-21(36)13-33-24(38)41-25(2,3)4/h5-12,35H,13H2,1-4H3,(H,33,38)(H,31,34,36). The van der Waals surface area contributed by atoms with Crippen LogP contribution in [0.3, 0.4) is 0 Å². The van der Waals surface area contributed by atoms with Crippen LogP contribution >= 0.6 is 11.6 Å². The number of ketones is 1. The number of carbonyl (C=O) groups excluding carboxylic acids is 3. The molecule has 42 heavy (non-hydrogen) atoms. The monoisotopic (exact) mass is 627 g/mol. The molecule has 0 atom stereocenters. The number of alkyl halides is 3. The number of ether oxygens (including phenoxy) is 1. The van der Waals surface area contributed by atoms with Gasteiger partial charge in [-0.25, -0.2) is 23.2 Å². The minimum absolute atomic E-state index is 0.0655. The van der Waals surface area contributed by atoms with Crippen molar-refractivity contribution in [3.63, 3.8) is 0 Å². The van der Waals surface area contributed by atoms with E-state index in [1.807, 2.05) is 0 Å². The maximum atomic E-state index is 13.4. The molecule has 2 heterocycles. The molecule has 0 saturated heterocycles. The summed E-state index contributed by atoms with van der Waals surface area (Å²) in [5, 5.41) is 4.60. The first-order chi connectivity index (χ1) is 19.4. The maximum Gasteiger partial charge on any atom is 0.416 e. The number of halogens is 4. The van der Waals surface area contributed by atoms with Crippen molar-refractivity contribution >= 4 is 50.9 Å². The van der Waals surface area contributed by atoms with Crippen LogP contribution in [0, 0.1) is 6.92 Å². The van der Waals surface area contributed by atoms with E-state index < -0.39 is 68.0 Å². The molecule has 0 bridgehead atoms. The lowest BCUT2D eigenvalue weighted by Gasteiger charge is -2.19. The smallest absolute Gasteiger partial charge is 0.416 e. The Morgan fingerprint density at radius 1 is 1.02 bits per heavy atom. The summed E-state index contributed by atoms with van der Waals surface area (Å²) in [5.74, 6) is -1.59. The normalized spacial score (nSPS) is 11.9. The van der Waals surface area contributed by atoms with Gasteiger partial charge in [0.1, 0.15) is 23.7 Å². The second-order valence-corrected chi connectivity index (χ2v) is 11.9. The third-order valence-corrected chi connectivity index (χ3v) is 6.79. The van der Waals surface area contributed by atoms with Crippen molar-refractivity contribution in [2.75, 3.05) is 16.6 Å². The van der Waals surface area contributed by atoms with Gasteiger partial charge in [0.15, 0.2) is 0 Å². The van der Waals surface area contributed by atoms with Gasteiger partial charge in [-0.05, 0) is 63.6 Å². The first-order valence-electron chi connectivity index (χ1n) is 12.0. The topological polar surface area (TPSA) is 156 Å². The quantitative estimate of drug-likeness (QED) is 0.296. The van der Waals surface area contributed by atoms with Crippen molar-refractivity contribution in [1.82, 2.24) is 15.3 Å². The molecule has 0 fully saturated rings. The summed E-state index contributed by atoms with van der Waals surface area (Å²) in [4.78, 5) is 44.5. The largest absolute Gasteiger partial charge is 0.444 e. The van der Waals surface area contributed by atoms with E-state index in [0.717, 1.165) is 24.4 Å². The number of nitrogens with one attached hydrogen (secondary N) is 3. The summed E-state index contributed by atoms with van der Waals surface area (Å²) in [5.41, 5.74) is -3.00. The van der Waals surface area contributed by atoms with Gasteiger partial charge in [-0.15, -0.1) is 0 Å². The summed E-state index contributed by atoms with van der Waals surface area (Å²) in [6.45, 7) is 5.67. The van der Waals surface area contributed by atoms with Crippen molar-refractivity contribution in [3.05, 3.63) is 76.2 Å². The second kappa shape index (κ2) is 12.3.